The highest BCUT2D eigenvalue weighted by Gasteiger charge is 2.33. The molecule has 1 aliphatic heterocycles. The van der Waals surface area contributed by atoms with Gasteiger partial charge in [-0.15, -0.1) is 5.10 Å². The van der Waals surface area contributed by atoms with Crippen LogP contribution in [-0.2, 0) is 15.8 Å². The lowest BCUT2D eigenvalue weighted by Gasteiger charge is -2.17. The van der Waals surface area contributed by atoms with Crippen molar-refractivity contribution in [2.45, 2.75) is 18.3 Å². The predicted molar refractivity (Wildman–Crippen MR) is 81.6 cm³/mol. The standard InChI is InChI=1S/C15H15F2N3O3S/c16-12-3-4-14(17)11(8-12)10-24(21,22)20-7-5-13(9-20)23-15-2-1-6-18-19-15/h1-4,6,8,13H,5,7,9-10H2. The number of hydrogen-bond donors (Lipinski definition) is 0. The highest BCUT2D eigenvalue weighted by Crippen LogP contribution is 2.22. The van der Waals surface area contributed by atoms with Crippen LogP contribution in [-0.4, -0.2) is 42.1 Å². The van der Waals surface area contributed by atoms with E-state index in [0.717, 1.165) is 18.2 Å². The molecule has 0 radical (unpaired) electrons. The van der Waals surface area contributed by atoms with E-state index in [0.29, 0.717) is 12.3 Å². The first-order chi connectivity index (χ1) is 11.4. The van der Waals surface area contributed by atoms with E-state index >= 15 is 0 Å². The molecule has 0 spiro atoms. The third kappa shape index (κ3) is 3.85. The van der Waals surface area contributed by atoms with Crippen LogP contribution in [0.3, 0.4) is 0 Å². The average molecular weight is 355 g/mol. The monoisotopic (exact) mass is 355 g/mol. The molecule has 1 aromatic carbocycles. The van der Waals surface area contributed by atoms with Crippen molar-refractivity contribution in [1.29, 1.82) is 0 Å². The van der Waals surface area contributed by atoms with E-state index in [1.165, 1.54) is 10.5 Å². The Hall–Kier alpha value is -2.13. The second-order valence-corrected chi connectivity index (χ2v) is 7.41. The van der Waals surface area contributed by atoms with Crippen molar-refractivity contribution in [3.8, 4) is 5.88 Å². The van der Waals surface area contributed by atoms with Crippen LogP contribution in [0.1, 0.15) is 12.0 Å². The lowest BCUT2D eigenvalue weighted by molar-refractivity contribution is 0.204. The summed E-state index contributed by atoms with van der Waals surface area (Å²) < 4.78 is 58.5. The molecule has 2 heterocycles. The summed E-state index contributed by atoms with van der Waals surface area (Å²) in [5.74, 6) is -1.69. The van der Waals surface area contributed by atoms with E-state index in [2.05, 4.69) is 10.2 Å². The molecule has 3 rings (SSSR count). The van der Waals surface area contributed by atoms with Crippen LogP contribution in [0.4, 0.5) is 8.78 Å². The average Bonchev–Trinajstić information content (AvgIpc) is 3.01. The van der Waals surface area contributed by atoms with Crippen molar-refractivity contribution < 1.29 is 21.9 Å². The number of nitrogens with zero attached hydrogens (tertiary/aromatic N) is 3. The Balaban J connectivity index is 1.67. The van der Waals surface area contributed by atoms with Crippen molar-refractivity contribution >= 4 is 10.0 Å². The van der Waals surface area contributed by atoms with Crippen LogP contribution in [0.2, 0.25) is 0 Å². The summed E-state index contributed by atoms with van der Waals surface area (Å²) in [6.07, 6.45) is 1.64. The fourth-order valence-electron chi connectivity index (χ4n) is 2.51. The van der Waals surface area contributed by atoms with Gasteiger partial charge in [-0.1, -0.05) is 0 Å². The van der Waals surface area contributed by atoms with Crippen LogP contribution in [0, 0.1) is 11.6 Å². The van der Waals surface area contributed by atoms with Crippen molar-refractivity contribution in [2.24, 2.45) is 0 Å². The van der Waals surface area contributed by atoms with Gasteiger partial charge in [0.1, 0.15) is 17.7 Å². The molecular formula is C15H15F2N3O3S. The summed E-state index contributed by atoms with van der Waals surface area (Å²) >= 11 is 0. The maximum atomic E-state index is 13.7. The smallest absolute Gasteiger partial charge is 0.233 e. The van der Waals surface area contributed by atoms with Crippen LogP contribution in [0.5, 0.6) is 5.88 Å². The van der Waals surface area contributed by atoms with E-state index in [1.54, 1.807) is 12.1 Å². The van der Waals surface area contributed by atoms with Gasteiger partial charge >= 0.3 is 0 Å². The normalized spacial score (nSPS) is 18.7. The third-order valence-electron chi connectivity index (χ3n) is 3.68. The fraction of sp³-hybridized carbons (Fsp3) is 0.333. The molecule has 0 saturated carbocycles. The van der Waals surface area contributed by atoms with Gasteiger partial charge in [-0.25, -0.2) is 17.2 Å². The largest absolute Gasteiger partial charge is 0.472 e. The minimum Gasteiger partial charge on any atom is -0.472 e. The van der Waals surface area contributed by atoms with Gasteiger partial charge in [-0.2, -0.15) is 9.40 Å². The van der Waals surface area contributed by atoms with Gasteiger partial charge in [0.2, 0.25) is 15.9 Å². The van der Waals surface area contributed by atoms with E-state index in [9.17, 15) is 17.2 Å². The zero-order valence-corrected chi connectivity index (χ0v) is 13.4. The zero-order chi connectivity index (χ0) is 17.2. The van der Waals surface area contributed by atoms with Crippen molar-refractivity contribution in [2.75, 3.05) is 13.1 Å². The Morgan fingerprint density at radius 3 is 2.88 bits per heavy atom. The van der Waals surface area contributed by atoms with Gasteiger partial charge in [0.25, 0.3) is 0 Å². The molecule has 0 bridgehead atoms. The van der Waals surface area contributed by atoms with Gasteiger partial charge in [0.05, 0.1) is 12.3 Å². The third-order valence-corrected chi connectivity index (χ3v) is 5.48. The van der Waals surface area contributed by atoms with E-state index in [1.807, 2.05) is 0 Å². The molecule has 1 aliphatic rings. The van der Waals surface area contributed by atoms with Gasteiger partial charge in [0.15, 0.2) is 0 Å². The molecule has 9 heteroatoms. The molecular weight excluding hydrogens is 340 g/mol. The molecule has 128 valence electrons. The molecule has 1 aromatic heterocycles. The molecule has 0 aliphatic carbocycles. The maximum Gasteiger partial charge on any atom is 0.233 e. The van der Waals surface area contributed by atoms with Gasteiger partial charge in [-0.05, 0) is 30.7 Å². The van der Waals surface area contributed by atoms with Gasteiger partial charge in [-0.3, -0.25) is 0 Å². The van der Waals surface area contributed by atoms with Crippen LogP contribution in [0.25, 0.3) is 0 Å². The fourth-order valence-corrected chi connectivity index (χ4v) is 4.08. The number of benzene rings is 1. The van der Waals surface area contributed by atoms with Gasteiger partial charge < -0.3 is 4.74 Å². The Kier molecular flexibility index (Phi) is 4.72. The number of halogens is 2. The Morgan fingerprint density at radius 2 is 2.12 bits per heavy atom. The first kappa shape index (κ1) is 16.7. The molecule has 24 heavy (non-hydrogen) atoms. The second kappa shape index (κ2) is 6.78. The first-order valence-electron chi connectivity index (χ1n) is 7.30. The van der Waals surface area contributed by atoms with E-state index in [4.69, 9.17) is 4.74 Å². The highest BCUT2D eigenvalue weighted by molar-refractivity contribution is 7.88. The van der Waals surface area contributed by atoms with Crippen LogP contribution < -0.4 is 4.74 Å². The number of sulfonamides is 1. The Morgan fingerprint density at radius 1 is 1.29 bits per heavy atom. The van der Waals surface area contributed by atoms with Crippen LogP contribution in [0.15, 0.2) is 36.5 Å². The lowest BCUT2D eigenvalue weighted by Crippen LogP contribution is -2.32. The highest BCUT2D eigenvalue weighted by atomic mass is 32.2. The molecule has 0 amide bonds. The number of aromatic nitrogens is 2. The number of hydrogen-bond acceptors (Lipinski definition) is 5. The second-order valence-electron chi connectivity index (χ2n) is 5.44. The SMILES string of the molecule is O=S(=O)(Cc1cc(F)ccc1F)N1CCC(Oc2cccnn2)C1. The zero-order valence-electron chi connectivity index (χ0n) is 12.6. The van der Waals surface area contributed by atoms with Gasteiger partial charge in [0, 0.05) is 24.4 Å². The topological polar surface area (TPSA) is 72.4 Å². The maximum absolute atomic E-state index is 13.7. The summed E-state index contributed by atoms with van der Waals surface area (Å²) in [5, 5.41) is 7.47. The van der Waals surface area contributed by atoms with Crippen LogP contribution >= 0.6 is 0 Å². The molecule has 1 saturated heterocycles. The Bertz CT molecular complexity index is 818. The minimum absolute atomic E-state index is 0.135. The number of rotatable bonds is 5. The molecule has 0 N–H and O–H groups in total. The molecule has 1 fully saturated rings. The summed E-state index contributed by atoms with van der Waals surface area (Å²) in [6, 6.07) is 6.07. The summed E-state index contributed by atoms with van der Waals surface area (Å²) in [5.41, 5.74) is -0.187. The first-order valence-corrected chi connectivity index (χ1v) is 8.91. The molecule has 2 aromatic rings. The van der Waals surface area contributed by atoms with Crippen molar-refractivity contribution in [1.82, 2.24) is 14.5 Å². The summed E-state index contributed by atoms with van der Waals surface area (Å²) in [7, 11) is -3.77. The molecule has 6 nitrogen and oxygen atoms in total. The van der Waals surface area contributed by atoms with E-state index < -0.39 is 27.4 Å². The molecule has 1 unspecified atom stereocenters. The summed E-state index contributed by atoms with van der Waals surface area (Å²) in [6.45, 7) is 0.389. The van der Waals surface area contributed by atoms with Crippen molar-refractivity contribution in [3.05, 3.63) is 53.7 Å². The Labute approximate surface area is 138 Å². The minimum atomic E-state index is -3.77. The quantitative estimate of drug-likeness (QED) is 0.817. The number of ether oxygens (including phenoxy) is 1. The van der Waals surface area contributed by atoms with Crippen molar-refractivity contribution in [3.63, 3.8) is 0 Å². The lowest BCUT2D eigenvalue weighted by atomic mass is 10.2. The van der Waals surface area contributed by atoms with E-state index in [-0.39, 0.29) is 24.8 Å². The summed E-state index contributed by atoms with van der Waals surface area (Å²) in [4.78, 5) is 0. The predicted octanol–water partition coefficient (Wildman–Crippen LogP) is 1.74. The molecule has 1 atom stereocenters.